The van der Waals surface area contributed by atoms with Gasteiger partial charge in [-0.05, 0) is 43.9 Å². The second-order valence-electron chi connectivity index (χ2n) is 6.58. The van der Waals surface area contributed by atoms with Crippen LogP contribution in [0.3, 0.4) is 0 Å². The van der Waals surface area contributed by atoms with Crippen LogP contribution in [0.25, 0.3) is 0 Å². The molecular formula is C17H31N3O2S. The Kier molecular flexibility index (Phi) is 8.23. The quantitative estimate of drug-likeness (QED) is 0.681. The van der Waals surface area contributed by atoms with Crippen molar-refractivity contribution in [3.63, 3.8) is 0 Å². The largest absolute Gasteiger partial charge is 0.354 e. The summed E-state index contributed by atoms with van der Waals surface area (Å²) in [7, 11) is 0. The monoisotopic (exact) mass is 341 g/mol. The topological polar surface area (TPSA) is 52.7 Å². The molecule has 2 fully saturated rings. The lowest BCUT2D eigenvalue weighted by molar-refractivity contribution is -0.137. The van der Waals surface area contributed by atoms with E-state index in [-0.39, 0.29) is 18.4 Å². The van der Waals surface area contributed by atoms with Crippen LogP contribution in [0, 0.1) is 5.92 Å². The number of likely N-dealkylation sites (tertiary alicyclic amines) is 2. The van der Waals surface area contributed by atoms with Gasteiger partial charge in [0, 0.05) is 38.4 Å². The summed E-state index contributed by atoms with van der Waals surface area (Å²) in [5.41, 5.74) is 0. The van der Waals surface area contributed by atoms with Crippen LogP contribution in [-0.2, 0) is 9.59 Å². The van der Waals surface area contributed by atoms with E-state index in [1.165, 1.54) is 30.9 Å². The van der Waals surface area contributed by atoms with Crippen LogP contribution >= 0.6 is 11.8 Å². The molecule has 0 aromatic heterocycles. The molecule has 1 unspecified atom stereocenters. The highest BCUT2D eigenvalue weighted by Crippen LogP contribution is 2.16. The van der Waals surface area contributed by atoms with E-state index in [9.17, 15) is 9.59 Å². The summed E-state index contributed by atoms with van der Waals surface area (Å²) >= 11 is 1.99. The third-order valence-electron chi connectivity index (χ3n) is 4.70. The Balaban J connectivity index is 1.64. The Bertz CT molecular complexity index is 392. The number of thioether (sulfide) groups is 1. The highest BCUT2D eigenvalue weighted by Gasteiger charge is 2.22. The van der Waals surface area contributed by atoms with E-state index in [0.717, 1.165) is 39.0 Å². The van der Waals surface area contributed by atoms with Crippen molar-refractivity contribution < 1.29 is 9.59 Å². The first-order valence-corrected chi connectivity index (χ1v) is 10.2. The van der Waals surface area contributed by atoms with Crippen LogP contribution < -0.4 is 5.32 Å². The van der Waals surface area contributed by atoms with Crippen molar-refractivity contribution in [2.75, 3.05) is 50.8 Å². The van der Waals surface area contributed by atoms with Crippen LogP contribution in [0.4, 0.5) is 0 Å². The maximum Gasteiger partial charge on any atom is 0.239 e. The first kappa shape index (κ1) is 18.6. The predicted octanol–water partition coefficient (Wildman–Crippen LogP) is 1.58. The average Bonchev–Trinajstić information content (AvgIpc) is 2.56. The molecule has 0 aromatic rings. The van der Waals surface area contributed by atoms with E-state index in [2.05, 4.69) is 17.1 Å². The molecule has 1 N–H and O–H groups in total. The number of rotatable bonds is 8. The summed E-state index contributed by atoms with van der Waals surface area (Å²) in [4.78, 5) is 28.0. The van der Waals surface area contributed by atoms with Gasteiger partial charge < -0.3 is 15.1 Å². The van der Waals surface area contributed by atoms with E-state index >= 15 is 0 Å². The zero-order chi connectivity index (χ0) is 16.5. The molecule has 0 spiro atoms. The molecule has 2 rings (SSSR count). The van der Waals surface area contributed by atoms with Crippen LogP contribution in [0.1, 0.15) is 39.0 Å². The maximum atomic E-state index is 12.1. The van der Waals surface area contributed by atoms with Gasteiger partial charge in [0.2, 0.25) is 11.8 Å². The standard InChI is InChI=1S/C17H31N3O2S/c1-2-23-11-10-19-8-5-6-15(13-19)12-18-16(21)14-20-9-4-3-7-17(20)22/h15H,2-14H2,1H3,(H,18,21). The normalized spacial score (nSPS) is 23.1. The number of carbonyl (C=O) groups excluding carboxylic acids is 2. The summed E-state index contributed by atoms with van der Waals surface area (Å²) in [6.45, 7) is 7.36. The lowest BCUT2D eigenvalue weighted by Gasteiger charge is -2.33. The van der Waals surface area contributed by atoms with Gasteiger partial charge in [0.1, 0.15) is 0 Å². The molecule has 2 amide bonds. The SMILES string of the molecule is CCSCCN1CCCC(CNC(=O)CN2CCCCC2=O)C1. The molecule has 2 aliphatic rings. The van der Waals surface area contributed by atoms with Crippen LogP contribution in [0.2, 0.25) is 0 Å². The lowest BCUT2D eigenvalue weighted by atomic mass is 9.98. The average molecular weight is 342 g/mol. The van der Waals surface area contributed by atoms with Crippen LogP contribution in [0.15, 0.2) is 0 Å². The Morgan fingerprint density at radius 2 is 2.17 bits per heavy atom. The highest BCUT2D eigenvalue weighted by atomic mass is 32.2. The third-order valence-corrected chi connectivity index (χ3v) is 5.58. The second-order valence-corrected chi connectivity index (χ2v) is 7.98. The molecule has 6 heteroatoms. The van der Waals surface area contributed by atoms with Gasteiger partial charge in [-0.3, -0.25) is 9.59 Å². The summed E-state index contributed by atoms with van der Waals surface area (Å²) < 4.78 is 0. The first-order chi connectivity index (χ1) is 11.2. The van der Waals surface area contributed by atoms with Gasteiger partial charge in [-0.15, -0.1) is 0 Å². The molecule has 23 heavy (non-hydrogen) atoms. The van der Waals surface area contributed by atoms with Gasteiger partial charge in [0.25, 0.3) is 0 Å². The van der Waals surface area contributed by atoms with Gasteiger partial charge in [0.15, 0.2) is 0 Å². The Hall–Kier alpha value is -0.750. The smallest absolute Gasteiger partial charge is 0.239 e. The molecule has 132 valence electrons. The maximum absolute atomic E-state index is 12.1. The fourth-order valence-electron chi connectivity index (χ4n) is 3.38. The zero-order valence-electron chi connectivity index (χ0n) is 14.4. The molecular weight excluding hydrogens is 310 g/mol. The van der Waals surface area contributed by atoms with Crippen LogP contribution in [0.5, 0.6) is 0 Å². The zero-order valence-corrected chi connectivity index (χ0v) is 15.2. The fraction of sp³-hybridized carbons (Fsp3) is 0.882. The molecule has 0 aliphatic carbocycles. The number of piperidine rings is 2. The Labute approximate surface area is 144 Å². The molecule has 2 heterocycles. The number of carbonyl (C=O) groups is 2. The predicted molar refractivity (Wildman–Crippen MR) is 95.6 cm³/mol. The highest BCUT2D eigenvalue weighted by molar-refractivity contribution is 7.99. The molecule has 1 atom stereocenters. The van der Waals surface area contributed by atoms with E-state index < -0.39 is 0 Å². The van der Waals surface area contributed by atoms with Crippen molar-refractivity contribution in [2.24, 2.45) is 5.92 Å². The second kappa shape index (κ2) is 10.2. The lowest BCUT2D eigenvalue weighted by Crippen LogP contribution is -2.46. The summed E-state index contributed by atoms with van der Waals surface area (Å²) in [5, 5.41) is 3.04. The number of amides is 2. The van der Waals surface area contributed by atoms with E-state index in [1.54, 1.807) is 4.90 Å². The number of hydrogen-bond donors (Lipinski definition) is 1. The van der Waals surface area contributed by atoms with Crippen molar-refractivity contribution in [1.29, 1.82) is 0 Å². The van der Waals surface area contributed by atoms with Gasteiger partial charge >= 0.3 is 0 Å². The molecule has 0 radical (unpaired) electrons. The summed E-state index contributed by atoms with van der Waals surface area (Å²) in [6.07, 6.45) is 5.00. The number of nitrogens with one attached hydrogen (secondary N) is 1. The van der Waals surface area contributed by atoms with Crippen molar-refractivity contribution >= 4 is 23.6 Å². The summed E-state index contributed by atoms with van der Waals surface area (Å²) in [5.74, 6) is 3.06. The van der Waals surface area contributed by atoms with Crippen molar-refractivity contribution in [3.8, 4) is 0 Å². The van der Waals surface area contributed by atoms with Crippen molar-refractivity contribution in [1.82, 2.24) is 15.1 Å². The molecule has 5 nitrogen and oxygen atoms in total. The third kappa shape index (κ3) is 6.71. The van der Waals surface area contributed by atoms with Gasteiger partial charge in [0.05, 0.1) is 6.54 Å². The molecule has 0 aromatic carbocycles. The van der Waals surface area contributed by atoms with Crippen molar-refractivity contribution in [3.05, 3.63) is 0 Å². The van der Waals surface area contributed by atoms with E-state index in [0.29, 0.717) is 12.3 Å². The molecule has 0 bridgehead atoms. The fourth-order valence-corrected chi connectivity index (χ4v) is 4.05. The minimum atomic E-state index is -0.00101. The summed E-state index contributed by atoms with van der Waals surface area (Å²) in [6, 6.07) is 0. The first-order valence-electron chi connectivity index (χ1n) is 9.03. The van der Waals surface area contributed by atoms with Gasteiger partial charge in [-0.25, -0.2) is 0 Å². The van der Waals surface area contributed by atoms with Crippen LogP contribution in [-0.4, -0.2) is 72.4 Å². The van der Waals surface area contributed by atoms with Crippen molar-refractivity contribution in [2.45, 2.75) is 39.0 Å². The number of nitrogens with zero attached hydrogens (tertiary/aromatic N) is 2. The number of hydrogen-bond acceptors (Lipinski definition) is 4. The molecule has 2 aliphatic heterocycles. The Morgan fingerprint density at radius 1 is 1.30 bits per heavy atom. The van der Waals surface area contributed by atoms with E-state index in [4.69, 9.17) is 0 Å². The molecule has 0 saturated carbocycles. The molecule has 2 saturated heterocycles. The minimum absolute atomic E-state index is 0.00101. The Morgan fingerprint density at radius 3 is 2.96 bits per heavy atom. The van der Waals surface area contributed by atoms with Gasteiger partial charge in [-0.1, -0.05) is 6.92 Å². The van der Waals surface area contributed by atoms with Gasteiger partial charge in [-0.2, -0.15) is 11.8 Å². The van der Waals surface area contributed by atoms with E-state index in [1.807, 2.05) is 11.8 Å². The minimum Gasteiger partial charge on any atom is -0.354 e.